The molecule has 0 radical (unpaired) electrons. The van der Waals surface area contributed by atoms with Gasteiger partial charge in [0, 0.05) is 66.4 Å². The van der Waals surface area contributed by atoms with E-state index in [-0.39, 0.29) is 0 Å². The van der Waals surface area contributed by atoms with Crippen LogP contribution >= 0.6 is 11.8 Å². The molecule has 0 saturated carbocycles. The molecule has 1 aliphatic carbocycles. The maximum Gasteiger partial charge on any atom is 0.137 e. The van der Waals surface area contributed by atoms with Gasteiger partial charge in [-0.3, -0.25) is 0 Å². The lowest BCUT2D eigenvalue weighted by molar-refractivity contribution is 0.669. The standard InChI is InChI=1S/C46H30N2OS/c1-2-12-31(13-3-1)48-41-16-8-6-14-35(41)36-21-18-33(27-42(36)48)47(34-19-22-38-37-15-7-9-17-43(37)49-44(38)28-34)32-20-23-45-40(26-32)39-24-29-10-4-5-11-30(29)25-46(39)50-45/h1-28,39,46H. The molecule has 3 heterocycles. The quantitative estimate of drug-likeness (QED) is 0.188. The van der Waals surface area contributed by atoms with Gasteiger partial charge < -0.3 is 13.9 Å². The predicted octanol–water partition coefficient (Wildman–Crippen LogP) is 11.0. The molecule has 0 spiro atoms. The molecule has 236 valence electrons. The van der Waals surface area contributed by atoms with E-state index in [9.17, 15) is 0 Å². The van der Waals surface area contributed by atoms with Crippen LogP contribution in [0.2, 0.25) is 0 Å². The fourth-order valence-electron chi connectivity index (χ4n) is 8.20. The molecule has 3 nitrogen and oxygen atoms in total. The number of fused-ring (bicyclic) bond motifs is 10. The predicted molar refractivity (Wildman–Crippen MR) is 210 cm³/mol. The molecule has 2 atom stereocenters. The van der Waals surface area contributed by atoms with Crippen LogP contribution in [0.25, 0.3) is 61.6 Å². The van der Waals surface area contributed by atoms with Crippen molar-refractivity contribution in [3.63, 3.8) is 0 Å². The summed E-state index contributed by atoms with van der Waals surface area (Å²) in [6, 6.07) is 57.1. The van der Waals surface area contributed by atoms with Crippen LogP contribution in [0, 0.1) is 0 Å². The van der Waals surface area contributed by atoms with E-state index in [0.717, 1.165) is 44.7 Å². The number of rotatable bonds is 4. The summed E-state index contributed by atoms with van der Waals surface area (Å²) in [5, 5.41) is 7.80. The van der Waals surface area contributed by atoms with E-state index in [1.807, 2.05) is 23.9 Å². The summed E-state index contributed by atoms with van der Waals surface area (Å²) in [6.07, 6.45) is 4.92. The van der Waals surface area contributed by atoms with Gasteiger partial charge in [0.15, 0.2) is 0 Å². The van der Waals surface area contributed by atoms with Crippen molar-refractivity contribution < 1.29 is 4.42 Å². The number of benzene rings is 7. The first-order chi connectivity index (χ1) is 24.8. The zero-order valence-electron chi connectivity index (χ0n) is 27.0. The Morgan fingerprint density at radius 2 is 1.14 bits per heavy atom. The van der Waals surface area contributed by atoms with Gasteiger partial charge in [0.05, 0.1) is 11.0 Å². The second-order valence-corrected chi connectivity index (χ2v) is 14.5. The highest BCUT2D eigenvalue weighted by atomic mass is 32.2. The average molecular weight is 659 g/mol. The van der Waals surface area contributed by atoms with Gasteiger partial charge >= 0.3 is 0 Å². The number of nitrogens with zero attached hydrogens (tertiary/aromatic N) is 2. The minimum absolute atomic E-state index is 0.327. The van der Waals surface area contributed by atoms with Crippen molar-refractivity contribution in [3.8, 4) is 5.69 Å². The van der Waals surface area contributed by atoms with Crippen LogP contribution in [-0.4, -0.2) is 9.82 Å². The molecule has 7 aromatic carbocycles. The number of hydrogen-bond acceptors (Lipinski definition) is 3. The lowest BCUT2D eigenvalue weighted by Gasteiger charge is -2.27. The molecule has 0 bridgehead atoms. The Morgan fingerprint density at radius 1 is 0.500 bits per heavy atom. The highest BCUT2D eigenvalue weighted by molar-refractivity contribution is 8.00. The monoisotopic (exact) mass is 658 g/mol. The number of anilines is 3. The van der Waals surface area contributed by atoms with Gasteiger partial charge in [-0.05, 0) is 82.7 Å². The smallest absolute Gasteiger partial charge is 0.137 e. The van der Waals surface area contributed by atoms with Crippen LogP contribution in [0.4, 0.5) is 17.1 Å². The van der Waals surface area contributed by atoms with E-state index in [1.54, 1.807) is 0 Å². The van der Waals surface area contributed by atoms with Crippen molar-refractivity contribution in [1.29, 1.82) is 0 Å². The van der Waals surface area contributed by atoms with Gasteiger partial charge in [0.1, 0.15) is 11.2 Å². The molecule has 1 aliphatic heterocycles. The Balaban J connectivity index is 1.14. The van der Waals surface area contributed by atoms with Crippen molar-refractivity contribution in [2.24, 2.45) is 0 Å². The van der Waals surface area contributed by atoms with Gasteiger partial charge in [-0.15, -0.1) is 11.8 Å². The van der Waals surface area contributed by atoms with Crippen molar-refractivity contribution >= 4 is 84.7 Å². The highest BCUT2D eigenvalue weighted by Crippen LogP contribution is 2.50. The third kappa shape index (κ3) is 4.18. The number of aromatic nitrogens is 1. The van der Waals surface area contributed by atoms with Gasteiger partial charge in [-0.1, -0.05) is 97.1 Å². The third-order valence-electron chi connectivity index (χ3n) is 10.5. The maximum absolute atomic E-state index is 6.44. The molecule has 50 heavy (non-hydrogen) atoms. The number of furan rings is 1. The first kappa shape index (κ1) is 27.9. The second kappa shape index (κ2) is 10.8. The van der Waals surface area contributed by atoms with Crippen LogP contribution in [0.1, 0.15) is 11.5 Å². The summed E-state index contributed by atoms with van der Waals surface area (Å²) in [4.78, 5) is 3.76. The molecule has 2 aromatic heterocycles. The molecular formula is C46H30N2OS. The van der Waals surface area contributed by atoms with Crippen LogP contribution in [0.3, 0.4) is 0 Å². The molecular weight excluding hydrogens is 629 g/mol. The molecule has 0 amide bonds. The van der Waals surface area contributed by atoms with Crippen LogP contribution < -0.4 is 15.3 Å². The minimum atomic E-state index is 0.327. The fraction of sp³-hybridized carbons (Fsp3) is 0.0435. The van der Waals surface area contributed by atoms with E-state index in [0.29, 0.717) is 11.2 Å². The molecule has 4 heteroatoms. The summed E-state index contributed by atoms with van der Waals surface area (Å²) in [7, 11) is 0. The number of thioether (sulfide) groups is 1. The largest absolute Gasteiger partial charge is 0.456 e. The summed E-state index contributed by atoms with van der Waals surface area (Å²) >= 11 is 1.98. The first-order valence-electron chi connectivity index (χ1n) is 17.2. The molecule has 2 aliphatic rings. The summed E-state index contributed by atoms with van der Waals surface area (Å²) in [5.74, 6) is 0.327. The van der Waals surface area contributed by atoms with Gasteiger partial charge in [-0.2, -0.15) is 0 Å². The molecule has 0 N–H and O–H groups in total. The zero-order chi connectivity index (χ0) is 32.8. The minimum Gasteiger partial charge on any atom is -0.456 e. The molecule has 2 unspecified atom stereocenters. The third-order valence-corrected chi connectivity index (χ3v) is 11.8. The lowest BCUT2D eigenvalue weighted by atomic mass is 9.90. The van der Waals surface area contributed by atoms with Crippen molar-refractivity contribution in [3.05, 3.63) is 174 Å². The fourth-order valence-corrected chi connectivity index (χ4v) is 9.56. The van der Waals surface area contributed by atoms with Gasteiger partial charge in [0.2, 0.25) is 0 Å². The number of para-hydroxylation sites is 3. The summed E-state index contributed by atoms with van der Waals surface area (Å²) in [5.41, 5.74) is 9.99. The van der Waals surface area contributed by atoms with Gasteiger partial charge in [0.25, 0.3) is 0 Å². The Bertz CT molecular complexity index is 2940. The van der Waals surface area contributed by atoms with Crippen molar-refractivity contribution in [1.82, 2.24) is 4.57 Å². The summed E-state index contributed by atoms with van der Waals surface area (Å²) in [6.45, 7) is 0. The molecule has 9 aromatic rings. The van der Waals surface area contributed by atoms with E-state index in [4.69, 9.17) is 4.42 Å². The van der Waals surface area contributed by atoms with Crippen LogP contribution in [0.15, 0.2) is 167 Å². The van der Waals surface area contributed by atoms with Gasteiger partial charge in [-0.25, -0.2) is 0 Å². The summed E-state index contributed by atoms with van der Waals surface area (Å²) < 4.78 is 8.83. The SMILES string of the molecule is C1=c2ccccc2=CC2c3cc(N(c4ccc5c(c4)oc4ccccc45)c4ccc5c6ccccc6n(-c6ccccc6)c5c4)ccc3SC12. The maximum atomic E-state index is 6.44. The Hall–Kier alpha value is -5.97. The first-order valence-corrected chi connectivity index (χ1v) is 18.0. The van der Waals surface area contributed by atoms with E-state index in [2.05, 4.69) is 167 Å². The molecule has 11 rings (SSSR count). The lowest BCUT2D eigenvalue weighted by Crippen LogP contribution is -2.31. The Labute approximate surface area is 293 Å². The topological polar surface area (TPSA) is 21.3 Å². The van der Waals surface area contributed by atoms with E-state index >= 15 is 0 Å². The van der Waals surface area contributed by atoms with Crippen molar-refractivity contribution in [2.75, 3.05) is 4.90 Å². The molecule has 0 fully saturated rings. The van der Waals surface area contributed by atoms with Crippen LogP contribution in [0.5, 0.6) is 0 Å². The highest BCUT2D eigenvalue weighted by Gasteiger charge is 2.33. The van der Waals surface area contributed by atoms with E-state index in [1.165, 1.54) is 42.7 Å². The Morgan fingerprint density at radius 3 is 2.02 bits per heavy atom. The zero-order valence-corrected chi connectivity index (χ0v) is 27.8. The second-order valence-electron chi connectivity index (χ2n) is 13.3. The molecule has 0 saturated heterocycles. The van der Waals surface area contributed by atoms with Crippen LogP contribution in [-0.2, 0) is 0 Å². The number of hydrogen-bond donors (Lipinski definition) is 0. The Kier molecular flexibility index (Phi) is 6.01. The van der Waals surface area contributed by atoms with Crippen molar-refractivity contribution in [2.45, 2.75) is 16.1 Å². The van der Waals surface area contributed by atoms with E-state index < -0.39 is 0 Å². The average Bonchev–Trinajstić information content (AvgIpc) is 3.83. The normalized spacial score (nSPS) is 16.2.